The molecule has 2 aliphatic heterocycles. The van der Waals surface area contributed by atoms with Crippen LogP contribution in [0.3, 0.4) is 0 Å². The highest BCUT2D eigenvalue weighted by molar-refractivity contribution is 6.22. The van der Waals surface area contributed by atoms with Gasteiger partial charge in [-0.25, -0.2) is 0 Å². The van der Waals surface area contributed by atoms with Crippen LogP contribution in [0.2, 0.25) is 0 Å². The van der Waals surface area contributed by atoms with Crippen LogP contribution in [-0.2, 0) is 19.1 Å². The molecular formula is C31H29NO4. The first-order chi connectivity index (χ1) is 17.5. The number of anilines is 1. The van der Waals surface area contributed by atoms with Gasteiger partial charge in [-0.2, -0.15) is 0 Å². The lowest BCUT2D eigenvalue weighted by Gasteiger charge is -2.48. The molecule has 2 heterocycles. The molecule has 0 aromatic heterocycles. The number of rotatable bonds is 4. The summed E-state index contributed by atoms with van der Waals surface area (Å²) in [6, 6.07) is 29.4. The average molecular weight is 480 g/mol. The molecule has 36 heavy (non-hydrogen) atoms. The van der Waals surface area contributed by atoms with Gasteiger partial charge in [0.1, 0.15) is 5.76 Å². The summed E-state index contributed by atoms with van der Waals surface area (Å²) in [5.74, 6) is -2.00. The van der Waals surface area contributed by atoms with Crippen molar-refractivity contribution in [2.24, 2.45) is 17.8 Å². The van der Waals surface area contributed by atoms with Crippen LogP contribution in [0.25, 0.3) is 0 Å². The van der Waals surface area contributed by atoms with Crippen LogP contribution in [-0.4, -0.2) is 24.7 Å². The van der Waals surface area contributed by atoms with Gasteiger partial charge in [0, 0.05) is 38.2 Å². The number of benzene rings is 3. The van der Waals surface area contributed by atoms with E-state index in [1.54, 1.807) is 7.11 Å². The van der Waals surface area contributed by atoms with Crippen molar-refractivity contribution >= 4 is 17.5 Å². The molecule has 3 aliphatic rings. The zero-order valence-corrected chi connectivity index (χ0v) is 20.4. The molecule has 1 aliphatic carbocycles. The zero-order valence-electron chi connectivity index (χ0n) is 20.4. The van der Waals surface area contributed by atoms with E-state index in [0.717, 1.165) is 16.9 Å². The first kappa shape index (κ1) is 22.7. The minimum Gasteiger partial charge on any atom is -0.467 e. The molecule has 0 spiro atoms. The molecule has 0 bridgehead atoms. The maximum Gasteiger partial charge on any atom is 0.238 e. The van der Waals surface area contributed by atoms with Crippen LogP contribution < -0.4 is 4.90 Å². The van der Waals surface area contributed by atoms with Crippen LogP contribution in [0, 0.1) is 17.8 Å². The smallest absolute Gasteiger partial charge is 0.238 e. The Hall–Kier alpha value is -3.70. The summed E-state index contributed by atoms with van der Waals surface area (Å²) in [5.41, 5.74) is 2.74. The van der Waals surface area contributed by atoms with Crippen molar-refractivity contribution < 1.29 is 19.1 Å². The molecule has 0 unspecified atom stereocenters. The number of imide groups is 1. The van der Waals surface area contributed by atoms with E-state index in [-0.39, 0.29) is 29.6 Å². The standard InChI is InChI=1S/C31H29NO4/c1-31(35-2)19-24(21-14-8-4-9-15-21)26-25(36-31)18-23(20-12-6-3-7-13-20)27-28(26)30(34)32(29(27)33)22-16-10-5-11-17-22/h3-18,23-24,26-28H,19H2,1-2H3/t23-,24-,26-,27+,28-,31-/m0/s1. The fourth-order valence-electron chi connectivity index (χ4n) is 6.37. The van der Waals surface area contributed by atoms with Gasteiger partial charge >= 0.3 is 0 Å². The third-order valence-electron chi connectivity index (χ3n) is 8.06. The number of allylic oxidation sites excluding steroid dienone is 2. The molecular weight excluding hydrogens is 450 g/mol. The number of carbonyl (C=O) groups excluding carboxylic acids is 2. The second-order valence-electron chi connectivity index (χ2n) is 10.1. The fourth-order valence-corrected chi connectivity index (χ4v) is 6.37. The molecule has 0 radical (unpaired) electrons. The summed E-state index contributed by atoms with van der Waals surface area (Å²) < 4.78 is 12.4. The number of nitrogens with zero attached hydrogens (tertiary/aromatic N) is 1. The molecule has 3 aromatic rings. The summed E-state index contributed by atoms with van der Waals surface area (Å²) in [4.78, 5) is 29.6. The van der Waals surface area contributed by atoms with Crippen molar-refractivity contribution in [3.8, 4) is 0 Å². The van der Waals surface area contributed by atoms with Gasteiger partial charge in [0.2, 0.25) is 17.6 Å². The molecule has 2 saturated heterocycles. The summed E-state index contributed by atoms with van der Waals surface area (Å²) in [6.45, 7) is 1.95. The Labute approximate surface area is 211 Å². The summed E-state index contributed by atoms with van der Waals surface area (Å²) in [5, 5.41) is 0. The molecule has 0 N–H and O–H groups in total. The minimum absolute atomic E-state index is 0.0344. The fraction of sp³-hybridized carbons (Fsp3) is 0.290. The Morgan fingerprint density at radius 3 is 1.94 bits per heavy atom. The summed E-state index contributed by atoms with van der Waals surface area (Å²) in [7, 11) is 1.66. The third kappa shape index (κ3) is 3.58. The highest BCUT2D eigenvalue weighted by Crippen LogP contribution is 2.57. The molecule has 6 atom stereocenters. The molecule has 2 amide bonds. The number of amides is 2. The first-order valence-electron chi connectivity index (χ1n) is 12.5. The van der Waals surface area contributed by atoms with Crippen LogP contribution in [0.5, 0.6) is 0 Å². The van der Waals surface area contributed by atoms with E-state index >= 15 is 0 Å². The van der Waals surface area contributed by atoms with E-state index in [1.165, 1.54) is 4.90 Å². The SMILES string of the molecule is CO[C@]1(C)C[C@@H](c2ccccc2)[C@H]2C(=C[C@@H](c3ccccc3)[C@H]3C(=O)N(c4ccccc4)C(=O)[C@H]32)O1. The third-order valence-corrected chi connectivity index (χ3v) is 8.06. The van der Waals surface area contributed by atoms with Crippen LogP contribution in [0.1, 0.15) is 36.3 Å². The first-order valence-corrected chi connectivity index (χ1v) is 12.5. The number of para-hydroxylation sites is 1. The van der Waals surface area contributed by atoms with E-state index in [2.05, 4.69) is 18.2 Å². The number of carbonyl (C=O) groups is 2. The Morgan fingerprint density at radius 1 is 0.778 bits per heavy atom. The minimum atomic E-state index is -0.832. The van der Waals surface area contributed by atoms with Gasteiger partial charge in [0.15, 0.2) is 0 Å². The van der Waals surface area contributed by atoms with E-state index in [0.29, 0.717) is 12.1 Å². The van der Waals surface area contributed by atoms with Gasteiger partial charge in [0.25, 0.3) is 0 Å². The second-order valence-corrected chi connectivity index (χ2v) is 10.1. The maximum absolute atomic E-state index is 14.2. The molecule has 2 fully saturated rings. The van der Waals surface area contributed by atoms with Crippen molar-refractivity contribution in [3.63, 3.8) is 0 Å². The number of methoxy groups -OCH3 is 1. The zero-order chi connectivity index (χ0) is 24.9. The van der Waals surface area contributed by atoms with Crippen molar-refractivity contribution in [2.75, 3.05) is 12.0 Å². The highest BCUT2D eigenvalue weighted by Gasteiger charge is 2.61. The quantitative estimate of drug-likeness (QED) is 0.454. The van der Waals surface area contributed by atoms with Crippen LogP contribution >= 0.6 is 0 Å². The van der Waals surface area contributed by atoms with Gasteiger partial charge in [-0.3, -0.25) is 14.5 Å². The van der Waals surface area contributed by atoms with Gasteiger partial charge in [-0.05, 0) is 29.3 Å². The van der Waals surface area contributed by atoms with E-state index in [1.807, 2.05) is 85.8 Å². The molecule has 5 heteroatoms. The van der Waals surface area contributed by atoms with Gasteiger partial charge in [-0.1, -0.05) is 78.9 Å². The van der Waals surface area contributed by atoms with Crippen molar-refractivity contribution in [1.29, 1.82) is 0 Å². The molecule has 5 nitrogen and oxygen atoms in total. The van der Waals surface area contributed by atoms with Crippen LogP contribution in [0.4, 0.5) is 5.69 Å². The van der Waals surface area contributed by atoms with Crippen molar-refractivity contribution in [1.82, 2.24) is 0 Å². The van der Waals surface area contributed by atoms with Gasteiger partial charge < -0.3 is 9.47 Å². The number of hydrogen-bond acceptors (Lipinski definition) is 4. The molecule has 182 valence electrons. The normalized spacial score (nSPS) is 31.3. The van der Waals surface area contributed by atoms with Crippen molar-refractivity contribution in [3.05, 3.63) is 114 Å². The lowest BCUT2D eigenvalue weighted by Crippen LogP contribution is -2.48. The van der Waals surface area contributed by atoms with E-state index in [4.69, 9.17) is 9.47 Å². The number of fused-ring (bicyclic) bond motifs is 3. The second kappa shape index (κ2) is 8.75. The highest BCUT2D eigenvalue weighted by atomic mass is 16.7. The number of hydrogen-bond donors (Lipinski definition) is 0. The largest absolute Gasteiger partial charge is 0.467 e. The van der Waals surface area contributed by atoms with E-state index in [9.17, 15) is 9.59 Å². The Morgan fingerprint density at radius 2 is 1.33 bits per heavy atom. The van der Waals surface area contributed by atoms with Crippen molar-refractivity contribution in [2.45, 2.75) is 31.0 Å². The lowest BCUT2D eigenvalue weighted by molar-refractivity contribution is -0.223. The topological polar surface area (TPSA) is 55.8 Å². The molecule has 0 saturated carbocycles. The summed E-state index contributed by atoms with van der Waals surface area (Å²) >= 11 is 0. The molecule has 3 aromatic carbocycles. The Bertz CT molecular complexity index is 1310. The lowest BCUT2D eigenvalue weighted by atomic mass is 9.62. The predicted octanol–water partition coefficient (Wildman–Crippen LogP) is 5.66. The monoisotopic (exact) mass is 479 g/mol. The van der Waals surface area contributed by atoms with Crippen LogP contribution in [0.15, 0.2) is 103 Å². The predicted molar refractivity (Wildman–Crippen MR) is 137 cm³/mol. The summed E-state index contributed by atoms with van der Waals surface area (Å²) in [6.07, 6.45) is 2.66. The molecule has 6 rings (SSSR count). The Kier molecular flexibility index (Phi) is 5.53. The van der Waals surface area contributed by atoms with Gasteiger partial charge in [-0.15, -0.1) is 0 Å². The maximum atomic E-state index is 14.2. The number of ether oxygens (including phenoxy) is 2. The van der Waals surface area contributed by atoms with Gasteiger partial charge in [0.05, 0.1) is 17.5 Å². The average Bonchev–Trinajstić information content (AvgIpc) is 3.19. The van der Waals surface area contributed by atoms with E-state index < -0.39 is 17.6 Å². The Balaban J connectivity index is 1.54.